The predicted molar refractivity (Wildman–Crippen MR) is 64.2 cm³/mol. The monoisotopic (exact) mass is 227 g/mol. The van der Waals surface area contributed by atoms with E-state index in [9.17, 15) is 0 Å². The molecule has 0 aromatic rings. The van der Waals surface area contributed by atoms with Crippen molar-refractivity contribution < 1.29 is 9.47 Å². The molecule has 2 aliphatic rings. The second-order valence-corrected chi connectivity index (χ2v) is 5.41. The van der Waals surface area contributed by atoms with E-state index < -0.39 is 0 Å². The topological polar surface area (TPSA) is 30.5 Å². The van der Waals surface area contributed by atoms with Crippen molar-refractivity contribution in [1.82, 2.24) is 5.32 Å². The number of likely N-dealkylation sites (N-methyl/N-ethyl adjacent to an activating group) is 1. The van der Waals surface area contributed by atoms with Crippen molar-refractivity contribution in [3.63, 3.8) is 0 Å². The fraction of sp³-hybridized carbons (Fsp3) is 1.00. The molecule has 0 aromatic heterocycles. The molecule has 16 heavy (non-hydrogen) atoms. The van der Waals surface area contributed by atoms with Crippen LogP contribution in [0.15, 0.2) is 0 Å². The van der Waals surface area contributed by atoms with Crippen molar-refractivity contribution in [3.8, 4) is 0 Å². The Kier molecular flexibility index (Phi) is 4.22. The predicted octanol–water partition coefficient (Wildman–Crippen LogP) is 2.02. The largest absolute Gasteiger partial charge is 0.354 e. The van der Waals surface area contributed by atoms with Gasteiger partial charge in [0.2, 0.25) is 0 Å². The zero-order valence-electron chi connectivity index (χ0n) is 10.7. The van der Waals surface area contributed by atoms with E-state index in [1.807, 2.05) is 7.05 Å². The Morgan fingerprint density at radius 2 is 1.94 bits per heavy atom. The number of methoxy groups -OCH3 is 2. The van der Waals surface area contributed by atoms with Crippen molar-refractivity contribution in [2.24, 2.45) is 17.8 Å². The zero-order chi connectivity index (χ0) is 11.5. The maximum Gasteiger partial charge on any atom is 0.171 e. The highest BCUT2D eigenvalue weighted by atomic mass is 16.7. The minimum Gasteiger partial charge on any atom is -0.354 e. The van der Waals surface area contributed by atoms with Crippen LogP contribution < -0.4 is 5.32 Å². The number of rotatable bonds is 6. The Bertz CT molecular complexity index is 218. The van der Waals surface area contributed by atoms with E-state index in [1.165, 1.54) is 32.1 Å². The van der Waals surface area contributed by atoms with Crippen LogP contribution in [0.5, 0.6) is 0 Å². The van der Waals surface area contributed by atoms with Gasteiger partial charge in [0.15, 0.2) is 6.29 Å². The Morgan fingerprint density at radius 3 is 2.38 bits per heavy atom. The lowest BCUT2D eigenvalue weighted by Crippen LogP contribution is -2.42. The summed E-state index contributed by atoms with van der Waals surface area (Å²) in [5, 5.41) is 3.34. The van der Waals surface area contributed by atoms with Gasteiger partial charge in [0.25, 0.3) is 0 Å². The summed E-state index contributed by atoms with van der Waals surface area (Å²) < 4.78 is 10.7. The summed E-state index contributed by atoms with van der Waals surface area (Å²) in [7, 11) is 5.45. The van der Waals surface area contributed by atoms with E-state index in [0.29, 0.717) is 6.04 Å². The van der Waals surface area contributed by atoms with Gasteiger partial charge < -0.3 is 14.8 Å². The number of nitrogens with one attached hydrogen (secondary N) is 1. The molecule has 0 aliphatic heterocycles. The average Bonchev–Trinajstić information content (AvgIpc) is 2.91. The smallest absolute Gasteiger partial charge is 0.171 e. The number of hydrogen-bond acceptors (Lipinski definition) is 3. The van der Waals surface area contributed by atoms with E-state index >= 15 is 0 Å². The van der Waals surface area contributed by atoms with Crippen LogP contribution in [0.1, 0.15) is 32.1 Å². The van der Waals surface area contributed by atoms with Crippen LogP contribution in [0.2, 0.25) is 0 Å². The molecule has 4 unspecified atom stereocenters. The molecule has 2 aliphatic carbocycles. The van der Waals surface area contributed by atoms with Gasteiger partial charge in [-0.25, -0.2) is 0 Å². The molecular weight excluding hydrogens is 202 g/mol. The molecule has 3 heteroatoms. The first-order chi connectivity index (χ1) is 7.78. The Labute approximate surface area is 98.9 Å². The lowest BCUT2D eigenvalue weighted by molar-refractivity contribution is -0.125. The molecule has 0 aromatic carbocycles. The maximum atomic E-state index is 5.36. The quantitative estimate of drug-likeness (QED) is 0.704. The van der Waals surface area contributed by atoms with Gasteiger partial charge in [0.1, 0.15) is 0 Å². The summed E-state index contributed by atoms with van der Waals surface area (Å²) >= 11 is 0. The molecule has 0 amide bonds. The maximum absolute atomic E-state index is 5.36. The third-order valence-electron chi connectivity index (χ3n) is 4.61. The van der Waals surface area contributed by atoms with Crippen LogP contribution in [0.25, 0.3) is 0 Å². The molecule has 2 fully saturated rings. The second kappa shape index (κ2) is 5.48. The number of ether oxygens (including phenoxy) is 2. The number of fused-ring (bicyclic) bond motifs is 2. The molecule has 0 radical (unpaired) electrons. The third-order valence-corrected chi connectivity index (χ3v) is 4.61. The SMILES string of the molecule is CNC(CC1CC2CCC1C2)C(OC)OC. The van der Waals surface area contributed by atoms with Crippen LogP contribution in [-0.2, 0) is 9.47 Å². The van der Waals surface area contributed by atoms with Gasteiger partial charge >= 0.3 is 0 Å². The summed E-state index contributed by atoms with van der Waals surface area (Å²) in [6.07, 6.45) is 6.93. The van der Waals surface area contributed by atoms with E-state index in [1.54, 1.807) is 14.2 Å². The van der Waals surface area contributed by atoms with Gasteiger partial charge in [-0.1, -0.05) is 6.42 Å². The second-order valence-electron chi connectivity index (χ2n) is 5.41. The number of hydrogen-bond donors (Lipinski definition) is 1. The van der Waals surface area contributed by atoms with E-state index in [4.69, 9.17) is 9.47 Å². The molecule has 2 rings (SSSR count). The van der Waals surface area contributed by atoms with Crippen LogP contribution in [0.4, 0.5) is 0 Å². The Morgan fingerprint density at radius 1 is 1.19 bits per heavy atom. The normalized spacial score (nSPS) is 34.9. The minimum atomic E-state index is -0.107. The first-order valence-electron chi connectivity index (χ1n) is 6.51. The van der Waals surface area contributed by atoms with Crippen LogP contribution in [0.3, 0.4) is 0 Å². The Hall–Kier alpha value is -0.120. The van der Waals surface area contributed by atoms with Gasteiger partial charge in [0.05, 0.1) is 6.04 Å². The molecule has 4 atom stereocenters. The molecule has 0 saturated heterocycles. The summed E-state index contributed by atoms with van der Waals surface area (Å²) in [5.74, 6) is 2.90. The molecular formula is C13H25NO2. The van der Waals surface area contributed by atoms with Gasteiger partial charge in [-0.3, -0.25) is 0 Å². The summed E-state index contributed by atoms with van der Waals surface area (Å²) in [5.41, 5.74) is 0. The molecule has 94 valence electrons. The van der Waals surface area contributed by atoms with Crippen molar-refractivity contribution in [2.75, 3.05) is 21.3 Å². The summed E-state index contributed by atoms with van der Waals surface area (Å²) in [4.78, 5) is 0. The van der Waals surface area contributed by atoms with E-state index in [-0.39, 0.29) is 6.29 Å². The van der Waals surface area contributed by atoms with E-state index in [0.717, 1.165) is 17.8 Å². The summed E-state index contributed by atoms with van der Waals surface area (Å²) in [6, 6.07) is 0.333. The van der Waals surface area contributed by atoms with Gasteiger partial charge in [0, 0.05) is 14.2 Å². The first-order valence-corrected chi connectivity index (χ1v) is 6.51. The van der Waals surface area contributed by atoms with Gasteiger partial charge in [-0.2, -0.15) is 0 Å². The molecule has 1 N–H and O–H groups in total. The zero-order valence-corrected chi connectivity index (χ0v) is 10.7. The highest BCUT2D eigenvalue weighted by molar-refractivity contribution is 4.92. The van der Waals surface area contributed by atoms with Crippen LogP contribution in [-0.4, -0.2) is 33.6 Å². The molecule has 0 spiro atoms. The lowest BCUT2D eigenvalue weighted by atomic mass is 9.84. The third kappa shape index (κ3) is 2.41. The standard InChI is InChI=1S/C13H25NO2/c1-14-12(13(15-2)16-3)8-11-7-9-4-5-10(11)6-9/h9-14H,4-8H2,1-3H3. The van der Waals surface area contributed by atoms with Gasteiger partial charge in [-0.15, -0.1) is 0 Å². The molecule has 2 saturated carbocycles. The fourth-order valence-corrected chi connectivity index (χ4v) is 3.78. The lowest BCUT2D eigenvalue weighted by Gasteiger charge is -2.30. The van der Waals surface area contributed by atoms with Gasteiger partial charge in [-0.05, 0) is 50.5 Å². The minimum absolute atomic E-state index is 0.107. The molecule has 0 heterocycles. The van der Waals surface area contributed by atoms with Crippen molar-refractivity contribution in [1.29, 1.82) is 0 Å². The van der Waals surface area contributed by atoms with Crippen LogP contribution in [0, 0.1) is 17.8 Å². The van der Waals surface area contributed by atoms with Crippen molar-refractivity contribution in [3.05, 3.63) is 0 Å². The van der Waals surface area contributed by atoms with Crippen LogP contribution >= 0.6 is 0 Å². The van der Waals surface area contributed by atoms with Crippen molar-refractivity contribution in [2.45, 2.75) is 44.4 Å². The van der Waals surface area contributed by atoms with E-state index in [2.05, 4.69) is 5.32 Å². The van der Waals surface area contributed by atoms with Crippen molar-refractivity contribution >= 4 is 0 Å². The first kappa shape index (κ1) is 12.3. The molecule has 3 nitrogen and oxygen atoms in total. The highest BCUT2D eigenvalue weighted by Crippen LogP contribution is 2.50. The highest BCUT2D eigenvalue weighted by Gasteiger charge is 2.40. The Balaban J connectivity index is 1.86. The fourth-order valence-electron chi connectivity index (χ4n) is 3.78. The molecule has 2 bridgehead atoms. The summed E-state index contributed by atoms with van der Waals surface area (Å²) in [6.45, 7) is 0. The average molecular weight is 227 g/mol.